The summed E-state index contributed by atoms with van der Waals surface area (Å²) in [7, 11) is 0. The first-order valence-electron chi connectivity index (χ1n) is 9.43. The number of carbonyl (C=O) groups excluding carboxylic acids is 2. The fourth-order valence-electron chi connectivity index (χ4n) is 3.41. The van der Waals surface area contributed by atoms with Crippen LogP contribution in [-0.2, 0) is 6.18 Å². The molecule has 2 N–H and O–H groups in total. The van der Waals surface area contributed by atoms with Crippen LogP contribution in [0, 0.1) is 17.5 Å². The van der Waals surface area contributed by atoms with E-state index in [0.29, 0.717) is 17.6 Å². The third-order valence-electron chi connectivity index (χ3n) is 5.01. The van der Waals surface area contributed by atoms with E-state index in [1.807, 2.05) is 0 Å². The average Bonchev–Trinajstić information content (AvgIpc) is 2.80. The van der Waals surface area contributed by atoms with Gasteiger partial charge in [-0.05, 0) is 42.0 Å². The molecule has 34 heavy (non-hydrogen) atoms. The number of nitrogens with zero attached hydrogens (tertiary/aromatic N) is 2. The topological polar surface area (TPSA) is 85.9 Å². The molecule has 1 amide bonds. The van der Waals surface area contributed by atoms with Crippen LogP contribution in [0.15, 0.2) is 54.9 Å². The summed E-state index contributed by atoms with van der Waals surface area (Å²) in [6, 6.07) is 5.82. The number of aromatic nitrogens is 2. The molecule has 1 heterocycles. The normalized spacial score (nSPS) is 11.6. The van der Waals surface area contributed by atoms with E-state index in [1.54, 1.807) is 0 Å². The summed E-state index contributed by atoms with van der Waals surface area (Å²) >= 11 is 0. The Morgan fingerprint density at radius 1 is 0.765 bits per heavy atom. The molecular formula is C23H11F6N3O2. The Labute approximate surface area is 186 Å². The molecule has 3 aromatic carbocycles. The number of alkyl halides is 3. The minimum atomic E-state index is -5.11. The molecule has 0 aliphatic heterocycles. The van der Waals surface area contributed by atoms with Crippen LogP contribution < -0.4 is 5.73 Å². The first-order chi connectivity index (χ1) is 16.0. The molecule has 0 aliphatic rings. The lowest BCUT2D eigenvalue weighted by Gasteiger charge is -2.16. The summed E-state index contributed by atoms with van der Waals surface area (Å²) in [5.74, 6) is -7.82. The number of hydrogen-bond acceptors (Lipinski definition) is 4. The van der Waals surface area contributed by atoms with Gasteiger partial charge in [0.2, 0.25) is 5.91 Å². The van der Waals surface area contributed by atoms with Gasteiger partial charge in [0, 0.05) is 29.1 Å². The SMILES string of the molecule is NC(=O)c1ccc(-c2cc(F)c(F)c(C(=O)c3ccc4nccnc4c3)c2F)c(C(F)(F)F)c1. The molecule has 0 spiro atoms. The number of halogens is 6. The number of benzene rings is 3. The van der Waals surface area contributed by atoms with Crippen LogP contribution in [0.25, 0.3) is 22.2 Å². The highest BCUT2D eigenvalue weighted by Crippen LogP contribution is 2.40. The molecule has 0 aliphatic carbocycles. The van der Waals surface area contributed by atoms with Crippen molar-refractivity contribution >= 4 is 22.7 Å². The summed E-state index contributed by atoms with van der Waals surface area (Å²) in [4.78, 5) is 32.2. The van der Waals surface area contributed by atoms with Gasteiger partial charge in [-0.2, -0.15) is 13.2 Å². The lowest BCUT2D eigenvalue weighted by Crippen LogP contribution is -2.15. The third-order valence-corrected chi connectivity index (χ3v) is 5.01. The number of primary amides is 1. The number of hydrogen-bond donors (Lipinski definition) is 1. The van der Waals surface area contributed by atoms with Crippen LogP contribution in [-0.4, -0.2) is 21.7 Å². The van der Waals surface area contributed by atoms with Crippen LogP contribution in [0.1, 0.15) is 31.8 Å². The van der Waals surface area contributed by atoms with Crippen LogP contribution in [0.5, 0.6) is 0 Å². The molecule has 0 bridgehead atoms. The lowest BCUT2D eigenvalue weighted by molar-refractivity contribution is -0.137. The quantitative estimate of drug-likeness (QED) is 0.254. The van der Waals surface area contributed by atoms with Gasteiger partial charge in [0.05, 0.1) is 22.2 Å². The fraction of sp³-hybridized carbons (Fsp3) is 0.0435. The first kappa shape index (κ1) is 22.9. The van der Waals surface area contributed by atoms with Gasteiger partial charge in [-0.25, -0.2) is 13.2 Å². The van der Waals surface area contributed by atoms with Crippen molar-refractivity contribution in [2.75, 3.05) is 0 Å². The highest BCUT2D eigenvalue weighted by atomic mass is 19.4. The second kappa shape index (κ2) is 8.25. The van der Waals surface area contributed by atoms with E-state index >= 15 is 4.39 Å². The van der Waals surface area contributed by atoms with E-state index < -0.39 is 63.1 Å². The maximum Gasteiger partial charge on any atom is 0.417 e. The van der Waals surface area contributed by atoms with Gasteiger partial charge in [-0.15, -0.1) is 0 Å². The van der Waals surface area contributed by atoms with Gasteiger partial charge in [0.25, 0.3) is 0 Å². The third kappa shape index (κ3) is 3.96. The minimum absolute atomic E-state index is 0.201. The second-order valence-electron chi connectivity index (χ2n) is 7.12. The van der Waals surface area contributed by atoms with Crippen molar-refractivity contribution in [2.45, 2.75) is 6.18 Å². The number of amides is 1. The van der Waals surface area contributed by atoms with Crippen LogP contribution in [0.3, 0.4) is 0 Å². The minimum Gasteiger partial charge on any atom is -0.366 e. The molecule has 0 fully saturated rings. The molecule has 1 aromatic heterocycles. The van der Waals surface area contributed by atoms with E-state index in [0.717, 1.165) is 12.1 Å². The predicted octanol–water partition coefficient (Wildman–Crippen LogP) is 5.06. The number of ketones is 1. The molecule has 4 rings (SSSR count). The molecule has 4 aromatic rings. The molecule has 0 unspecified atom stereocenters. The van der Waals surface area contributed by atoms with Crippen molar-refractivity contribution in [1.82, 2.24) is 9.97 Å². The highest BCUT2D eigenvalue weighted by molar-refractivity contribution is 6.11. The Morgan fingerprint density at radius 3 is 2.06 bits per heavy atom. The summed E-state index contributed by atoms with van der Waals surface area (Å²) in [5.41, 5.74) is -0.0818. The van der Waals surface area contributed by atoms with Gasteiger partial charge in [0.15, 0.2) is 17.4 Å². The van der Waals surface area contributed by atoms with E-state index in [-0.39, 0.29) is 17.1 Å². The predicted molar refractivity (Wildman–Crippen MR) is 108 cm³/mol. The average molecular weight is 475 g/mol. The Bertz CT molecular complexity index is 1480. The van der Waals surface area contributed by atoms with Gasteiger partial charge in [-0.1, -0.05) is 6.07 Å². The summed E-state index contributed by atoms with van der Waals surface area (Å²) in [6.45, 7) is 0. The Balaban J connectivity index is 1.94. The standard InChI is InChI=1S/C23H11F6N3O2/c24-15-9-13(12-3-1-11(22(30)34)7-14(12)23(27,28)29)19(25)18(20(15)26)21(33)10-2-4-16-17(8-10)32-6-5-31-16/h1-9H,(H2,30,34). The van der Waals surface area contributed by atoms with Gasteiger partial charge in [0.1, 0.15) is 5.82 Å². The van der Waals surface area contributed by atoms with Crippen LogP contribution in [0.2, 0.25) is 0 Å². The Hall–Kier alpha value is -4.28. The Morgan fingerprint density at radius 2 is 1.41 bits per heavy atom. The van der Waals surface area contributed by atoms with Gasteiger partial charge >= 0.3 is 6.18 Å². The maximum atomic E-state index is 15.4. The number of nitrogens with two attached hydrogens (primary N) is 1. The van der Waals surface area contributed by atoms with Crippen molar-refractivity contribution in [1.29, 1.82) is 0 Å². The maximum absolute atomic E-state index is 15.4. The molecule has 0 saturated carbocycles. The largest absolute Gasteiger partial charge is 0.417 e. The Kier molecular flexibility index (Phi) is 5.56. The monoisotopic (exact) mass is 475 g/mol. The smallest absolute Gasteiger partial charge is 0.366 e. The molecule has 0 atom stereocenters. The van der Waals surface area contributed by atoms with E-state index in [4.69, 9.17) is 5.73 Å². The zero-order chi connectivity index (χ0) is 24.8. The number of rotatable bonds is 4. The van der Waals surface area contributed by atoms with Crippen molar-refractivity contribution in [3.8, 4) is 11.1 Å². The summed E-state index contributed by atoms with van der Waals surface area (Å²) in [5, 5.41) is 0. The molecular weight excluding hydrogens is 464 g/mol. The van der Waals surface area contributed by atoms with Crippen LogP contribution >= 0.6 is 0 Å². The number of carbonyl (C=O) groups is 2. The zero-order valence-corrected chi connectivity index (χ0v) is 16.8. The van der Waals surface area contributed by atoms with Crippen molar-refractivity contribution in [2.24, 2.45) is 5.73 Å². The summed E-state index contributed by atoms with van der Waals surface area (Å²) in [6.07, 6.45) is -2.42. The highest BCUT2D eigenvalue weighted by Gasteiger charge is 2.36. The molecule has 0 saturated heterocycles. The molecule has 5 nitrogen and oxygen atoms in total. The van der Waals surface area contributed by atoms with Gasteiger partial charge < -0.3 is 5.73 Å². The molecule has 172 valence electrons. The van der Waals surface area contributed by atoms with Crippen molar-refractivity contribution in [3.05, 3.63) is 94.6 Å². The zero-order valence-electron chi connectivity index (χ0n) is 16.8. The molecule has 11 heteroatoms. The van der Waals surface area contributed by atoms with Crippen molar-refractivity contribution in [3.63, 3.8) is 0 Å². The second-order valence-corrected chi connectivity index (χ2v) is 7.12. The van der Waals surface area contributed by atoms with E-state index in [1.165, 1.54) is 24.5 Å². The van der Waals surface area contributed by atoms with Crippen molar-refractivity contribution < 1.29 is 35.9 Å². The van der Waals surface area contributed by atoms with Gasteiger partial charge in [-0.3, -0.25) is 19.6 Å². The number of fused-ring (bicyclic) bond motifs is 1. The molecule has 0 radical (unpaired) electrons. The van der Waals surface area contributed by atoms with Crippen LogP contribution in [0.4, 0.5) is 26.3 Å². The fourth-order valence-corrected chi connectivity index (χ4v) is 3.41. The van der Waals surface area contributed by atoms with E-state index in [2.05, 4.69) is 9.97 Å². The summed E-state index contributed by atoms with van der Waals surface area (Å²) < 4.78 is 85.2. The van der Waals surface area contributed by atoms with E-state index in [9.17, 15) is 31.5 Å². The first-order valence-corrected chi connectivity index (χ1v) is 9.43. The lowest BCUT2D eigenvalue weighted by atomic mass is 9.92.